The first-order chi connectivity index (χ1) is 20.3. The summed E-state index contributed by atoms with van der Waals surface area (Å²) in [4.78, 5) is 56.6. The van der Waals surface area contributed by atoms with Gasteiger partial charge in [0.1, 0.15) is 11.5 Å². The Bertz CT molecular complexity index is 1860. The van der Waals surface area contributed by atoms with Gasteiger partial charge in [0.05, 0.1) is 16.9 Å². The van der Waals surface area contributed by atoms with E-state index in [0.717, 1.165) is 5.56 Å². The topological polar surface area (TPSA) is 110 Å². The van der Waals surface area contributed by atoms with Gasteiger partial charge in [0.2, 0.25) is 5.91 Å². The fourth-order valence-electron chi connectivity index (χ4n) is 6.88. The van der Waals surface area contributed by atoms with Crippen molar-refractivity contribution >= 4 is 52.2 Å². The molecule has 1 amide bonds. The first kappa shape index (κ1) is 25.9. The molecular formula is C33H22ClN3O5. The summed E-state index contributed by atoms with van der Waals surface area (Å²) in [6, 6.07) is 24.7. The summed E-state index contributed by atoms with van der Waals surface area (Å²) in [6.07, 6.45) is 3.72. The molecule has 42 heavy (non-hydrogen) atoms. The number of nitrogens with zero attached hydrogens (tertiary/aromatic N) is 2. The number of ketones is 2. The van der Waals surface area contributed by atoms with Crippen LogP contribution < -0.4 is 10.2 Å². The second-order valence-electron chi connectivity index (χ2n) is 10.6. The number of nitrogens with one attached hydrogen (secondary N) is 1. The Labute approximate surface area is 245 Å². The fraction of sp³-hybridized carbons (Fsp3) is 0.121. The minimum Gasteiger partial charge on any atom is -0.352 e. The van der Waals surface area contributed by atoms with Gasteiger partial charge in [0.15, 0.2) is 11.6 Å². The first-order valence-electron chi connectivity index (χ1n) is 13.4. The predicted octanol–water partition coefficient (Wildman–Crippen LogP) is 6.10. The minimum atomic E-state index is -1.51. The lowest BCUT2D eigenvalue weighted by molar-refractivity contribution is -0.384. The molecule has 0 saturated carbocycles. The standard InChI is InChI=1S/C33H22ClN3O5/c34-22-14-15-26-20(17-22)13-16-27-33(24-11-4-5-12-25(24)35-32(33)40)28(30(38)21-9-6-10-23(18-21)37(41)42)29(36(26)27)31(39)19-7-2-1-3-8-19/h1-18,27-29H,(H,35,40)/t27-,28+,29-,33-/m1/s1. The Morgan fingerprint density at radius 1 is 0.881 bits per heavy atom. The van der Waals surface area contributed by atoms with E-state index in [-0.39, 0.29) is 17.0 Å². The average molecular weight is 576 g/mol. The van der Waals surface area contributed by atoms with Crippen molar-refractivity contribution in [3.8, 4) is 0 Å². The number of benzene rings is 4. The first-order valence-corrected chi connectivity index (χ1v) is 13.7. The number of halogens is 1. The van der Waals surface area contributed by atoms with Crippen molar-refractivity contribution in [3.63, 3.8) is 0 Å². The van der Waals surface area contributed by atoms with Crippen LogP contribution in [0.1, 0.15) is 31.8 Å². The fourth-order valence-corrected chi connectivity index (χ4v) is 7.06. The number of anilines is 2. The second kappa shape index (κ2) is 9.49. The molecule has 206 valence electrons. The summed E-state index contributed by atoms with van der Waals surface area (Å²) >= 11 is 6.33. The van der Waals surface area contributed by atoms with Crippen LogP contribution in [0, 0.1) is 16.0 Å². The van der Waals surface area contributed by atoms with E-state index in [4.69, 9.17) is 11.6 Å². The van der Waals surface area contributed by atoms with Crippen molar-refractivity contribution in [3.05, 3.63) is 141 Å². The molecule has 8 nitrogen and oxygen atoms in total. The third kappa shape index (κ3) is 3.58. The van der Waals surface area contributed by atoms with Gasteiger partial charge >= 0.3 is 0 Å². The van der Waals surface area contributed by atoms with Crippen LogP contribution in [-0.4, -0.2) is 34.5 Å². The number of carbonyl (C=O) groups excluding carboxylic acids is 3. The summed E-state index contributed by atoms with van der Waals surface area (Å²) in [7, 11) is 0. The molecule has 1 saturated heterocycles. The van der Waals surface area contributed by atoms with Gasteiger partial charge in [-0.25, -0.2) is 0 Å². The number of carbonyl (C=O) groups is 3. The van der Waals surface area contributed by atoms with Gasteiger partial charge in [-0.2, -0.15) is 0 Å². The van der Waals surface area contributed by atoms with Gasteiger partial charge in [-0.3, -0.25) is 24.5 Å². The van der Waals surface area contributed by atoms with Crippen LogP contribution in [0.2, 0.25) is 5.02 Å². The number of amides is 1. The normalized spacial score (nSPS) is 23.2. The largest absolute Gasteiger partial charge is 0.352 e. The zero-order chi connectivity index (χ0) is 29.2. The van der Waals surface area contributed by atoms with E-state index in [9.17, 15) is 24.5 Å². The Morgan fingerprint density at radius 2 is 1.62 bits per heavy atom. The molecule has 4 aromatic rings. The van der Waals surface area contributed by atoms with E-state index in [0.29, 0.717) is 27.5 Å². The number of hydrogen-bond donors (Lipinski definition) is 1. The molecule has 3 aliphatic rings. The summed E-state index contributed by atoms with van der Waals surface area (Å²) in [5.41, 5.74) is 1.22. The SMILES string of the molecule is O=C(c1cccc([N+](=O)[O-])c1)[C@@H]1[C@H](C(=O)c2ccccc2)N2c3ccc(Cl)cc3C=C[C@@H]2[C@@]12C(=O)Nc1ccccc12. The monoisotopic (exact) mass is 575 g/mol. The molecule has 4 aromatic carbocycles. The zero-order valence-corrected chi connectivity index (χ0v) is 22.7. The Morgan fingerprint density at radius 3 is 2.40 bits per heavy atom. The Kier molecular flexibility index (Phi) is 5.85. The second-order valence-corrected chi connectivity index (χ2v) is 11.0. The van der Waals surface area contributed by atoms with Crippen molar-refractivity contribution in [1.82, 2.24) is 0 Å². The molecule has 0 radical (unpaired) electrons. The van der Waals surface area contributed by atoms with Crippen molar-refractivity contribution in [1.29, 1.82) is 0 Å². The molecule has 4 atom stereocenters. The zero-order valence-electron chi connectivity index (χ0n) is 21.9. The van der Waals surface area contributed by atoms with Crippen LogP contribution in [0.4, 0.5) is 17.1 Å². The maximum Gasteiger partial charge on any atom is 0.270 e. The average Bonchev–Trinajstić information content (AvgIpc) is 3.49. The smallest absolute Gasteiger partial charge is 0.270 e. The van der Waals surface area contributed by atoms with Gasteiger partial charge in [0, 0.05) is 39.7 Å². The summed E-state index contributed by atoms with van der Waals surface area (Å²) in [6.45, 7) is 0. The molecule has 1 spiro atoms. The maximum absolute atomic E-state index is 14.8. The third-order valence-corrected chi connectivity index (χ3v) is 8.78. The number of nitro groups is 1. The van der Waals surface area contributed by atoms with Crippen molar-refractivity contribution in [2.45, 2.75) is 17.5 Å². The molecule has 0 bridgehead atoms. The quantitative estimate of drug-likeness (QED) is 0.175. The molecule has 0 aliphatic carbocycles. The Hall–Kier alpha value is -5.08. The van der Waals surface area contributed by atoms with Crippen LogP contribution in [0.3, 0.4) is 0 Å². The van der Waals surface area contributed by atoms with Crippen molar-refractivity contribution in [2.75, 3.05) is 10.2 Å². The van der Waals surface area contributed by atoms with Gasteiger partial charge in [0.25, 0.3) is 5.69 Å². The van der Waals surface area contributed by atoms with Crippen LogP contribution in [0.15, 0.2) is 103 Å². The Balaban J connectivity index is 1.54. The number of hydrogen-bond acceptors (Lipinski definition) is 6. The third-order valence-electron chi connectivity index (χ3n) is 8.55. The van der Waals surface area contributed by atoms with Crippen molar-refractivity contribution < 1.29 is 19.3 Å². The number of para-hydroxylation sites is 1. The lowest BCUT2D eigenvalue weighted by Gasteiger charge is -2.37. The minimum absolute atomic E-state index is 0.0526. The lowest BCUT2D eigenvalue weighted by atomic mass is 9.64. The number of fused-ring (bicyclic) bond motifs is 6. The van der Waals surface area contributed by atoms with Gasteiger partial charge in [-0.1, -0.05) is 84.4 Å². The van der Waals surface area contributed by atoms with Crippen molar-refractivity contribution in [2.24, 2.45) is 5.92 Å². The van der Waals surface area contributed by atoms with Crippen LogP contribution in [-0.2, 0) is 10.2 Å². The van der Waals surface area contributed by atoms with Gasteiger partial charge in [-0.05, 0) is 35.4 Å². The molecule has 1 N–H and O–H groups in total. The van der Waals surface area contributed by atoms with Crippen LogP contribution >= 0.6 is 11.6 Å². The number of Topliss-reactive ketones (excluding diaryl/α,β-unsaturated/α-hetero) is 2. The van der Waals surface area contributed by atoms with Crippen LogP contribution in [0.25, 0.3) is 6.08 Å². The molecule has 0 unspecified atom stereocenters. The van der Waals surface area contributed by atoms with E-state index in [1.807, 2.05) is 17.1 Å². The summed E-state index contributed by atoms with van der Waals surface area (Å²) in [5.74, 6) is -2.51. The molecule has 7 rings (SSSR count). The molecule has 3 aliphatic heterocycles. The number of non-ortho nitro benzene ring substituents is 1. The number of nitro benzene ring substituents is 1. The molecule has 0 aromatic heterocycles. The van der Waals surface area contributed by atoms with Gasteiger partial charge < -0.3 is 10.2 Å². The summed E-state index contributed by atoms with van der Waals surface area (Å²) < 4.78 is 0. The van der Waals surface area contributed by atoms with E-state index in [1.165, 1.54) is 24.3 Å². The highest BCUT2D eigenvalue weighted by Gasteiger charge is 2.70. The number of rotatable bonds is 5. The van der Waals surface area contributed by atoms with Gasteiger partial charge in [-0.15, -0.1) is 0 Å². The lowest BCUT2D eigenvalue weighted by Crippen LogP contribution is -2.51. The van der Waals surface area contributed by atoms with E-state index in [1.54, 1.807) is 72.8 Å². The maximum atomic E-state index is 14.8. The van der Waals surface area contributed by atoms with Crippen LogP contribution in [0.5, 0.6) is 0 Å². The highest BCUT2D eigenvalue weighted by molar-refractivity contribution is 6.31. The molecule has 9 heteroatoms. The van der Waals surface area contributed by atoms with E-state index in [2.05, 4.69) is 5.32 Å². The molecular weight excluding hydrogens is 554 g/mol. The molecule has 3 heterocycles. The molecule has 1 fully saturated rings. The van der Waals surface area contributed by atoms with E-state index >= 15 is 0 Å². The highest BCUT2D eigenvalue weighted by atomic mass is 35.5. The highest BCUT2D eigenvalue weighted by Crippen LogP contribution is 2.58. The predicted molar refractivity (Wildman–Crippen MR) is 159 cm³/mol. The summed E-state index contributed by atoms with van der Waals surface area (Å²) in [5, 5.41) is 15.1. The van der Waals surface area contributed by atoms with E-state index < -0.39 is 40.0 Å².